The van der Waals surface area contributed by atoms with Gasteiger partial charge in [-0.25, -0.2) is 9.44 Å². The van der Waals surface area contributed by atoms with Gasteiger partial charge >= 0.3 is 0 Å². The summed E-state index contributed by atoms with van der Waals surface area (Å²) in [5, 5.41) is 0. The van der Waals surface area contributed by atoms with E-state index >= 15 is 0 Å². The Morgan fingerprint density at radius 3 is 2.38 bits per heavy atom. The summed E-state index contributed by atoms with van der Waals surface area (Å²) in [4.78, 5) is 0. The van der Waals surface area contributed by atoms with E-state index in [-0.39, 0.29) is 0 Å². The summed E-state index contributed by atoms with van der Waals surface area (Å²) in [6.07, 6.45) is 4.61. The first-order chi connectivity index (χ1) is 7.59. The zero-order chi connectivity index (χ0) is 12.0. The van der Waals surface area contributed by atoms with Crippen molar-refractivity contribution in [3.63, 3.8) is 0 Å². The third-order valence-electron chi connectivity index (χ3n) is 3.24. The van der Waals surface area contributed by atoms with Crippen LogP contribution in [0.25, 0.3) is 0 Å². The van der Waals surface area contributed by atoms with E-state index in [1.807, 2.05) is 0 Å². The Morgan fingerprint density at radius 2 is 1.81 bits per heavy atom. The molecule has 0 radical (unpaired) electrons. The number of nitrogens with one attached hydrogen (secondary N) is 2. The predicted molar refractivity (Wildman–Crippen MR) is 65.1 cm³/mol. The predicted octanol–water partition coefficient (Wildman–Crippen LogP) is 0.195. The Kier molecular flexibility index (Phi) is 5.68. The highest BCUT2D eigenvalue weighted by molar-refractivity contribution is 7.87. The molecule has 1 saturated carbocycles. The zero-order valence-electron chi connectivity index (χ0n) is 9.91. The summed E-state index contributed by atoms with van der Waals surface area (Å²) >= 11 is 0. The van der Waals surface area contributed by atoms with Crippen LogP contribution in [0.5, 0.6) is 0 Å². The summed E-state index contributed by atoms with van der Waals surface area (Å²) in [5.74, 6) is 0.866. The highest BCUT2D eigenvalue weighted by atomic mass is 32.2. The van der Waals surface area contributed by atoms with Gasteiger partial charge in [0, 0.05) is 13.1 Å². The minimum absolute atomic E-state index is 0.396. The van der Waals surface area contributed by atoms with Crippen molar-refractivity contribution in [3.05, 3.63) is 0 Å². The Labute approximate surface area is 98.4 Å². The van der Waals surface area contributed by atoms with E-state index < -0.39 is 10.2 Å². The van der Waals surface area contributed by atoms with Gasteiger partial charge in [-0.3, -0.25) is 0 Å². The molecule has 1 rings (SSSR count). The van der Waals surface area contributed by atoms with Gasteiger partial charge in [0.2, 0.25) is 0 Å². The molecule has 4 N–H and O–H groups in total. The fraction of sp³-hybridized carbons (Fsp3) is 1.00. The lowest BCUT2D eigenvalue weighted by atomic mass is 9.79. The molecular weight excluding hydrogens is 226 g/mol. The third kappa shape index (κ3) is 4.37. The lowest BCUT2D eigenvalue weighted by Gasteiger charge is -2.30. The number of hydrogen-bond donors (Lipinski definition) is 3. The lowest BCUT2D eigenvalue weighted by Crippen LogP contribution is -2.42. The topological polar surface area (TPSA) is 84.2 Å². The molecule has 96 valence electrons. The van der Waals surface area contributed by atoms with Crippen LogP contribution in [-0.2, 0) is 10.2 Å². The highest BCUT2D eigenvalue weighted by Crippen LogP contribution is 2.28. The molecule has 5 nitrogen and oxygen atoms in total. The van der Waals surface area contributed by atoms with Crippen LogP contribution >= 0.6 is 0 Å². The first kappa shape index (κ1) is 13.9. The molecule has 2 unspecified atom stereocenters. The van der Waals surface area contributed by atoms with Crippen LogP contribution in [0.4, 0.5) is 0 Å². The molecule has 0 aliphatic heterocycles. The van der Waals surface area contributed by atoms with Crippen molar-refractivity contribution in [2.45, 2.75) is 32.6 Å². The Hall–Kier alpha value is -0.170. The van der Waals surface area contributed by atoms with Crippen molar-refractivity contribution in [2.24, 2.45) is 17.6 Å². The molecule has 2 atom stereocenters. The Bertz CT molecular complexity index is 292. The molecular formula is C10H23N3O2S. The van der Waals surface area contributed by atoms with Crippen LogP contribution < -0.4 is 15.2 Å². The van der Waals surface area contributed by atoms with Crippen molar-refractivity contribution < 1.29 is 8.42 Å². The van der Waals surface area contributed by atoms with Gasteiger partial charge in [0.25, 0.3) is 10.2 Å². The first-order valence-corrected chi connectivity index (χ1v) is 7.51. The standard InChI is InChI=1S/C10H23N3O2S/c1-2-12-16(14,15)13-8-10-6-4-3-5-9(10)7-11/h9-10,12-13H,2-8,11H2,1H3. The summed E-state index contributed by atoms with van der Waals surface area (Å²) in [7, 11) is -3.30. The second-order valence-electron chi connectivity index (χ2n) is 4.39. The van der Waals surface area contributed by atoms with E-state index in [4.69, 9.17) is 5.73 Å². The molecule has 0 heterocycles. The molecule has 1 aliphatic rings. The minimum atomic E-state index is -3.30. The largest absolute Gasteiger partial charge is 0.330 e. The number of hydrogen-bond acceptors (Lipinski definition) is 3. The van der Waals surface area contributed by atoms with Crippen molar-refractivity contribution >= 4 is 10.2 Å². The van der Waals surface area contributed by atoms with Gasteiger partial charge in [-0.15, -0.1) is 0 Å². The number of rotatable bonds is 6. The molecule has 0 spiro atoms. The fourth-order valence-corrected chi connectivity index (χ4v) is 3.24. The van der Waals surface area contributed by atoms with Gasteiger partial charge in [-0.2, -0.15) is 8.42 Å². The molecule has 0 saturated heterocycles. The lowest BCUT2D eigenvalue weighted by molar-refractivity contribution is 0.244. The summed E-state index contributed by atoms with van der Waals surface area (Å²) < 4.78 is 27.9. The maximum Gasteiger partial charge on any atom is 0.276 e. The molecule has 1 fully saturated rings. The molecule has 0 bridgehead atoms. The summed E-state index contributed by atoms with van der Waals surface area (Å²) in [6, 6.07) is 0. The van der Waals surface area contributed by atoms with E-state index in [2.05, 4.69) is 9.44 Å². The van der Waals surface area contributed by atoms with E-state index in [1.165, 1.54) is 12.8 Å². The van der Waals surface area contributed by atoms with Crippen LogP contribution in [0.15, 0.2) is 0 Å². The van der Waals surface area contributed by atoms with Crippen molar-refractivity contribution in [1.29, 1.82) is 0 Å². The number of nitrogens with two attached hydrogens (primary N) is 1. The molecule has 16 heavy (non-hydrogen) atoms. The molecule has 0 aromatic carbocycles. The van der Waals surface area contributed by atoms with Gasteiger partial charge in [0.1, 0.15) is 0 Å². The van der Waals surface area contributed by atoms with E-state index in [9.17, 15) is 8.42 Å². The van der Waals surface area contributed by atoms with Crippen molar-refractivity contribution in [1.82, 2.24) is 9.44 Å². The first-order valence-electron chi connectivity index (χ1n) is 6.03. The maximum absolute atomic E-state index is 11.4. The van der Waals surface area contributed by atoms with E-state index in [0.717, 1.165) is 12.8 Å². The van der Waals surface area contributed by atoms with Gasteiger partial charge in [-0.05, 0) is 31.2 Å². The SMILES string of the molecule is CCNS(=O)(=O)NCC1CCCCC1CN. The zero-order valence-corrected chi connectivity index (χ0v) is 10.7. The summed E-state index contributed by atoms with van der Waals surface area (Å²) in [6.45, 7) is 3.35. The average Bonchev–Trinajstić information content (AvgIpc) is 2.27. The Morgan fingerprint density at radius 1 is 1.19 bits per heavy atom. The fourth-order valence-electron chi connectivity index (χ4n) is 2.32. The van der Waals surface area contributed by atoms with Gasteiger partial charge in [0.05, 0.1) is 0 Å². The van der Waals surface area contributed by atoms with Crippen LogP contribution in [-0.4, -0.2) is 28.1 Å². The molecule has 1 aliphatic carbocycles. The van der Waals surface area contributed by atoms with Gasteiger partial charge < -0.3 is 5.73 Å². The maximum atomic E-state index is 11.4. The molecule has 0 aromatic heterocycles. The second kappa shape index (κ2) is 6.54. The normalized spacial score (nSPS) is 26.9. The van der Waals surface area contributed by atoms with Gasteiger partial charge in [0.15, 0.2) is 0 Å². The van der Waals surface area contributed by atoms with Crippen LogP contribution in [0.1, 0.15) is 32.6 Å². The second-order valence-corrected chi connectivity index (χ2v) is 5.97. The van der Waals surface area contributed by atoms with Crippen LogP contribution in [0, 0.1) is 11.8 Å². The quantitative estimate of drug-likeness (QED) is 0.628. The van der Waals surface area contributed by atoms with Crippen LogP contribution in [0.2, 0.25) is 0 Å². The minimum Gasteiger partial charge on any atom is -0.330 e. The monoisotopic (exact) mass is 249 g/mol. The Balaban J connectivity index is 2.41. The van der Waals surface area contributed by atoms with Crippen LogP contribution in [0.3, 0.4) is 0 Å². The average molecular weight is 249 g/mol. The third-order valence-corrected chi connectivity index (χ3v) is 4.45. The summed E-state index contributed by atoms with van der Waals surface area (Å²) in [5.41, 5.74) is 5.70. The molecule has 0 amide bonds. The van der Waals surface area contributed by atoms with Crippen molar-refractivity contribution in [2.75, 3.05) is 19.6 Å². The molecule has 6 heteroatoms. The molecule has 0 aromatic rings. The van der Waals surface area contributed by atoms with E-state index in [1.54, 1.807) is 6.92 Å². The van der Waals surface area contributed by atoms with Gasteiger partial charge in [-0.1, -0.05) is 19.8 Å². The van der Waals surface area contributed by atoms with Crippen molar-refractivity contribution in [3.8, 4) is 0 Å². The van der Waals surface area contributed by atoms with E-state index in [0.29, 0.717) is 31.5 Å². The highest BCUT2D eigenvalue weighted by Gasteiger charge is 2.24. The smallest absolute Gasteiger partial charge is 0.276 e.